The number of benzene rings is 1. The van der Waals surface area contributed by atoms with Crippen molar-refractivity contribution >= 4 is 12.4 Å². The van der Waals surface area contributed by atoms with Crippen molar-refractivity contribution in [1.29, 1.82) is 0 Å². The number of ether oxygens (including phenoxy) is 1. The first-order valence-electron chi connectivity index (χ1n) is 5.20. The number of aliphatic hydroxyl groups is 1. The van der Waals surface area contributed by atoms with Crippen molar-refractivity contribution in [3.05, 3.63) is 29.3 Å². The molecule has 0 saturated heterocycles. The molecule has 0 unspecified atom stereocenters. The summed E-state index contributed by atoms with van der Waals surface area (Å²) in [5, 5.41) is 8.72. The van der Waals surface area contributed by atoms with Crippen molar-refractivity contribution in [2.24, 2.45) is 5.73 Å². The van der Waals surface area contributed by atoms with E-state index in [0.29, 0.717) is 0 Å². The molecule has 1 rings (SSSR count). The van der Waals surface area contributed by atoms with Gasteiger partial charge in [-0.1, -0.05) is 12.1 Å². The highest BCUT2D eigenvalue weighted by Crippen LogP contribution is 2.23. The second kappa shape index (κ2) is 7.49. The van der Waals surface area contributed by atoms with Crippen molar-refractivity contribution in [2.75, 3.05) is 13.7 Å². The van der Waals surface area contributed by atoms with Gasteiger partial charge < -0.3 is 15.6 Å². The number of aliphatic hydroxyl groups excluding tert-OH is 1. The average Bonchev–Trinajstić information content (AvgIpc) is 2.25. The van der Waals surface area contributed by atoms with Gasteiger partial charge in [-0.25, -0.2) is 0 Å². The molecule has 0 spiro atoms. The van der Waals surface area contributed by atoms with Crippen molar-refractivity contribution in [2.45, 2.75) is 25.8 Å². The molecule has 0 aliphatic heterocycles. The van der Waals surface area contributed by atoms with E-state index in [-0.39, 0.29) is 25.1 Å². The molecule has 1 aromatic carbocycles. The topological polar surface area (TPSA) is 55.5 Å². The van der Waals surface area contributed by atoms with E-state index in [9.17, 15) is 0 Å². The van der Waals surface area contributed by atoms with E-state index < -0.39 is 0 Å². The molecule has 3 nitrogen and oxygen atoms in total. The number of hydrogen-bond acceptors (Lipinski definition) is 3. The zero-order chi connectivity index (χ0) is 11.3. The standard InChI is InChI=1S/C12H19NO2.ClH/c1-9-8-10(5-6-12(9)15-2)11(13)4-3-7-14;/h5-6,8,11,14H,3-4,7,13H2,1-2H3;1H/t11-;/m1./s1. The molecule has 0 bridgehead atoms. The Morgan fingerprint density at radius 3 is 2.62 bits per heavy atom. The molecule has 0 aromatic heterocycles. The highest BCUT2D eigenvalue weighted by Gasteiger charge is 2.07. The Morgan fingerprint density at radius 1 is 1.44 bits per heavy atom. The molecule has 0 aliphatic rings. The van der Waals surface area contributed by atoms with Gasteiger partial charge >= 0.3 is 0 Å². The van der Waals surface area contributed by atoms with Gasteiger partial charge in [0.05, 0.1) is 7.11 Å². The first-order valence-corrected chi connectivity index (χ1v) is 5.20. The Morgan fingerprint density at radius 2 is 2.12 bits per heavy atom. The van der Waals surface area contributed by atoms with Gasteiger partial charge in [0.1, 0.15) is 5.75 Å². The third-order valence-electron chi connectivity index (χ3n) is 2.52. The van der Waals surface area contributed by atoms with Crippen LogP contribution in [-0.2, 0) is 0 Å². The van der Waals surface area contributed by atoms with Crippen LogP contribution < -0.4 is 10.5 Å². The van der Waals surface area contributed by atoms with Crippen LogP contribution in [0.2, 0.25) is 0 Å². The summed E-state index contributed by atoms with van der Waals surface area (Å²) < 4.78 is 5.18. The minimum atomic E-state index is 0. The molecule has 0 saturated carbocycles. The maximum atomic E-state index is 8.72. The molecule has 0 heterocycles. The Hall–Kier alpha value is -0.770. The molecule has 0 aliphatic carbocycles. The van der Waals surface area contributed by atoms with Gasteiger partial charge in [0, 0.05) is 12.6 Å². The highest BCUT2D eigenvalue weighted by atomic mass is 35.5. The maximum absolute atomic E-state index is 8.72. The average molecular weight is 246 g/mol. The van der Waals surface area contributed by atoms with E-state index in [2.05, 4.69) is 0 Å². The van der Waals surface area contributed by atoms with E-state index in [1.54, 1.807) is 7.11 Å². The number of halogens is 1. The normalized spacial score (nSPS) is 11.8. The molecule has 4 heteroatoms. The molecule has 92 valence electrons. The zero-order valence-corrected chi connectivity index (χ0v) is 10.6. The minimum absolute atomic E-state index is 0. The first-order chi connectivity index (χ1) is 7.19. The highest BCUT2D eigenvalue weighted by molar-refractivity contribution is 5.85. The second-order valence-corrected chi connectivity index (χ2v) is 3.70. The largest absolute Gasteiger partial charge is 0.496 e. The first kappa shape index (κ1) is 15.2. The van der Waals surface area contributed by atoms with Crippen LogP contribution in [-0.4, -0.2) is 18.8 Å². The summed E-state index contributed by atoms with van der Waals surface area (Å²) in [7, 11) is 1.66. The lowest BCUT2D eigenvalue weighted by Gasteiger charge is -2.13. The quantitative estimate of drug-likeness (QED) is 0.836. The molecule has 16 heavy (non-hydrogen) atoms. The van der Waals surface area contributed by atoms with Gasteiger partial charge in [0.15, 0.2) is 0 Å². The van der Waals surface area contributed by atoms with E-state index in [1.165, 1.54) is 0 Å². The van der Waals surface area contributed by atoms with E-state index in [1.807, 2.05) is 25.1 Å². The molecule has 0 amide bonds. The summed E-state index contributed by atoms with van der Waals surface area (Å²) >= 11 is 0. The lowest BCUT2D eigenvalue weighted by molar-refractivity contribution is 0.280. The predicted octanol–water partition coefficient (Wildman–Crippen LogP) is 2.20. The number of aryl methyl sites for hydroxylation is 1. The third-order valence-corrected chi connectivity index (χ3v) is 2.52. The van der Waals surface area contributed by atoms with Crippen LogP contribution in [0, 0.1) is 6.92 Å². The van der Waals surface area contributed by atoms with E-state index in [4.69, 9.17) is 15.6 Å². The van der Waals surface area contributed by atoms with Crippen LogP contribution >= 0.6 is 12.4 Å². The van der Waals surface area contributed by atoms with Crippen LogP contribution in [0.4, 0.5) is 0 Å². The fourth-order valence-corrected chi connectivity index (χ4v) is 1.61. The summed E-state index contributed by atoms with van der Waals surface area (Å²) in [6, 6.07) is 5.96. The van der Waals surface area contributed by atoms with Gasteiger partial charge in [-0.2, -0.15) is 0 Å². The van der Waals surface area contributed by atoms with E-state index in [0.717, 1.165) is 29.7 Å². The van der Waals surface area contributed by atoms with Crippen LogP contribution in [0.25, 0.3) is 0 Å². The summed E-state index contributed by atoms with van der Waals surface area (Å²) in [5.74, 6) is 0.883. The van der Waals surface area contributed by atoms with Crippen molar-refractivity contribution in [1.82, 2.24) is 0 Å². The van der Waals surface area contributed by atoms with Gasteiger partial charge in [0.25, 0.3) is 0 Å². The third kappa shape index (κ3) is 4.00. The summed E-state index contributed by atoms with van der Waals surface area (Å²) in [5.41, 5.74) is 8.18. The molecule has 0 fully saturated rings. The van der Waals surface area contributed by atoms with Crippen molar-refractivity contribution in [3.63, 3.8) is 0 Å². The van der Waals surface area contributed by atoms with Crippen LogP contribution in [0.1, 0.15) is 30.0 Å². The minimum Gasteiger partial charge on any atom is -0.496 e. The number of nitrogens with two attached hydrogens (primary N) is 1. The summed E-state index contributed by atoms with van der Waals surface area (Å²) in [6.07, 6.45) is 1.55. The van der Waals surface area contributed by atoms with E-state index >= 15 is 0 Å². The van der Waals surface area contributed by atoms with Crippen molar-refractivity contribution in [3.8, 4) is 5.75 Å². The predicted molar refractivity (Wildman–Crippen MR) is 68.2 cm³/mol. The molecule has 0 radical (unpaired) electrons. The van der Waals surface area contributed by atoms with Crippen LogP contribution in [0.5, 0.6) is 5.75 Å². The van der Waals surface area contributed by atoms with Crippen molar-refractivity contribution < 1.29 is 9.84 Å². The fourth-order valence-electron chi connectivity index (χ4n) is 1.61. The lowest BCUT2D eigenvalue weighted by atomic mass is 10.0. The van der Waals surface area contributed by atoms with Gasteiger partial charge in [-0.05, 0) is 37.0 Å². The second-order valence-electron chi connectivity index (χ2n) is 3.70. The number of rotatable bonds is 5. The van der Waals surface area contributed by atoms with Gasteiger partial charge in [-0.15, -0.1) is 12.4 Å². The van der Waals surface area contributed by atoms with Crippen LogP contribution in [0.3, 0.4) is 0 Å². The van der Waals surface area contributed by atoms with Gasteiger partial charge in [-0.3, -0.25) is 0 Å². The molecule has 1 aromatic rings. The Balaban J connectivity index is 0.00000225. The Kier molecular flexibility index (Phi) is 7.13. The molecule has 1 atom stereocenters. The lowest BCUT2D eigenvalue weighted by Crippen LogP contribution is -2.11. The Bertz CT molecular complexity index is 318. The smallest absolute Gasteiger partial charge is 0.121 e. The monoisotopic (exact) mass is 245 g/mol. The number of hydrogen-bond donors (Lipinski definition) is 2. The molecular formula is C12H20ClNO2. The van der Waals surface area contributed by atoms with Crippen LogP contribution in [0.15, 0.2) is 18.2 Å². The molecular weight excluding hydrogens is 226 g/mol. The summed E-state index contributed by atoms with van der Waals surface area (Å²) in [6.45, 7) is 2.20. The SMILES string of the molecule is COc1ccc([C@H](N)CCCO)cc1C.Cl. The van der Waals surface area contributed by atoms with Gasteiger partial charge in [0.2, 0.25) is 0 Å². The fraction of sp³-hybridized carbons (Fsp3) is 0.500. The maximum Gasteiger partial charge on any atom is 0.121 e. The summed E-state index contributed by atoms with van der Waals surface area (Å²) in [4.78, 5) is 0. The zero-order valence-electron chi connectivity index (χ0n) is 9.77. The number of methoxy groups -OCH3 is 1. The molecule has 3 N–H and O–H groups in total. The Labute approximate surface area is 103 Å².